The first kappa shape index (κ1) is 18.3. The van der Waals surface area contributed by atoms with Crippen LogP contribution >= 0.6 is 0 Å². The lowest BCUT2D eigenvalue weighted by Crippen LogP contribution is -2.26. The summed E-state index contributed by atoms with van der Waals surface area (Å²) in [5.41, 5.74) is 1.74. The highest BCUT2D eigenvalue weighted by Crippen LogP contribution is 2.10. The zero-order valence-electron chi connectivity index (χ0n) is 14.5. The molecule has 1 heterocycles. The maximum atomic E-state index is 13.6. The van der Waals surface area contributed by atoms with E-state index in [2.05, 4.69) is 15.6 Å². The van der Waals surface area contributed by atoms with Crippen LogP contribution in [0.1, 0.15) is 26.3 Å². The fraction of sp³-hybridized carbons (Fsp3) is 0.0952. The van der Waals surface area contributed by atoms with Gasteiger partial charge in [-0.25, -0.2) is 4.39 Å². The molecule has 6 heteroatoms. The van der Waals surface area contributed by atoms with Gasteiger partial charge in [0.15, 0.2) is 0 Å². The summed E-state index contributed by atoms with van der Waals surface area (Å²) < 4.78 is 13.6. The van der Waals surface area contributed by atoms with E-state index in [1.54, 1.807) is 30.3 Å². The van der Waals surface area contributed by atoms with Crippen LogP contribution in [0.2, 0.25) is 0 Å². The molecule has 0 aliphatic rings. The van der Waals surface area contributed by atoms with Crippen LogP contribution < -0.4 is 10.6 Å². The summed E-state index contributed by atoms with van der Waals surface area (Å²) in [4.78, 5) is 28.5. The summed E-state index contributed by atoms with van der Waals surface area (Å²) in [6.45, 7) is 0.278. The minimum Gasteiger partial charge on any atom is -0.352 e. The standard InChI is InChI=1S/C21H18FN3O2/c22-19-9-5-4-6-15(19)10-11-24-20(26)16-12-17(14-23-13-16)21(27)25-18-7-2-1-3-8-18/h1-9,12-14H,10-11H2,(H,24,26)(H,25,27). The van der Waals surface area contributed by atoms with Gasteiger partial charge in [0.25, 0.3) is 11.8 Å². The Hall–Kier alpha value is -3.54. The smallest absolute Gasteiger partial charge is 0.257 e. The average Bonchev–Trinajstić information content (AvgIpc) is 2.70. The van der Waals surface area contributed by atoms with Gasteiger partial charge in [-0.1, -0.05) is 36.4 Å². The van der Waals surface area contributed by atoms with Gasteiger partial charge in [-0.3, -0.25) is 14.6 Å². The minimum absolute atomic E-state index is 0.268. The zero-order valence-corrected chi connectivity index (χ0v) is 14.5. The number of halogens is 1. The number of rotatable bonds is 6. The van der Waals surface area contributed by atoms with Crippen molar-refractivity contribution in [1.82, 2.24) is 10.3 Å². The normalized spacial score (nSPS) is 10.3. The second kappa shape index (κ2) is 8.71. The third-order valence-corrected chi connectivity index (χ3v) is 3.93. The number of benzene rings is 2. The summed E-state index contributed by atoms with van der Waals surface area (Å²) in [5.74, 6) is -1.02. The first-order valence-corrected chi connectivity index (χ1v) is 8.46. The molecule has 0 unspecified atom stereocenters. The largest absolute Gasteiger partial charge is 0.352 e. The molecule has 2 N–H and O–H groups in total. The van der Waals surface area contributed by atoms with Crippen molar-refractivity contribution in [3.05, 3.63) is 95.6 Å². The molecule has 0 saturated carbocycles. The Morgan fingerprint density at radius 3 is 2.30 bits per heavy atom. The lowest BCUT2D eigenvalue weighted by atomic mass is 10.1. The number of anilines is 1. The SMILES string of the molecule is O=C(NCCc1ccccc1F)c1cncc(C(=O)Nc2ccccc2)c1. The number of nitrogens with zero attached hydrogens (tertiary/aromatic N) is 1. The number of para-hydroxylation sites is 1. The lowest BCUT2D eigenvalue weighted by Gasteiger charge is -2.08. The highest BCUT2D eigenvalue weighted by atomic mass is 19.1. The van der Waals surface area contributed by atoms with E-state index in [0.29, 0.717) is 17.7 Å². The predicted octanol–water partition coefficient (Wildman–Crippen LogP) is 3.45. The fourth-order valence-corrected chi connectivity index (χ4v) is 2.53. The number of carbonyl (C=O) groups is 2. The van der Waals surface area contributed by atoms with E-state index >= 15 is 0 Å². The van der Waals surface area contributed by atoms with E-state index in [9.17, 15) is 14.0 Å². The molecule has 0 fully saturated rings. The first-order chi connectivity index (χ1) is 13.1. The Kier molecular flexibility index (Phi) is 5.89. The van der Waals surface area contributed by atoms with Crippen molar-refractivity contribution in [2.75, 3.05) is 11.9 Å². The van der Waals surface area contributed by atoms with Gasteiger partial charge in [0, 0.05) is 24.6 Å². The minimum atomic E-state index is -0.367. The van der Waals surface area contributed by atoms with Gasteiger partial charge in [-0.15, -0.1) is 0 Å². The van der Waals surface area contributed by atoms with E-state index in [-0.39, 0.29) is 35.3 Å². The van der Waals surface area contributed by atoms with Gasteiger partial charge in [0.2, 0.25) is 0 Å². The molecule has 0 radical (unpaired) electrons. The molecule has 5 nitrogen and oxygen atoms in total. The number of pyridine rings is 1. The van der Waals surface area contributed by atoms with E-state index in [1.165, 1.54) is 24.5 Å². The van der Waals surface area contributed by atoms with Gasteiger partial charge < -0.3 is 10.6 Å². The van der Waals surface area contributed by atoms with E-state index in [0.717, 1.165) is 0 Å². The van der Waals surface area contributed by atoms with E-state index in [1.807, 2.05) is 18.2 Å². The van der Waals surface area contributed by atoms with Gasteiger partial charge in [0.1, 0.15) is 5.82 Å². The maximum absolute atomic E-state index is 13.6. The molecule has 3 rings (SSSR count). The van der Waals surface area contributed by atoms with Gasteiger partial charge >= 0.3 is 0 Å². The van der Waals surface area contributed by atoms with Crippen LogP contribution in [0.15, 0.2) is 73.1 Å². The molecule has 1 aromatic heterocycles. The quantitative estimate of drug-likeness (QED) is 0.705. The lowest BCUT2D eigenvalue weighted by molar-refractivity contribution is 0.0953. The van der Waals surface area contributed by atoms with Crippen molar-refractivity contribution in [3.8, 4) is 0 Å². The van der Waals surface area contributed by atoms with E-state index < -0.39 is 0 Å². The molecule has 0 aliphatic carbocycles. The topological polar surface area (TPSA) is 71.1 Å². The first-order valence-electron chi connectivity index (χ1n) is 8.46. The second-order valence-electron chi connectivity index (χ2n) is 5.88. The molecule has 136 valence electrons. The number of nitrogens with one attached hydrogen (secondary N) is 2. The molecule has 27 heavy (non-hydrogen) atoms. The summed E-state index contributed by atoms with van der Waals surface area (Å²) in [6.07, 6.45) is 3.16. The third-order valence-electron chi connectivity index (χ3n) is 3.93. The van der Waals surface area contributed by atoms with Crippen molar-refractivity contribution in [1.29, 1.82) is 0 Å². The van der Waals surface area contributed by atoms with E-state index in [4.69, 9.17) is 0 Å². The summed E-state index contributed by atoms with van der Waals surface area (Å²) in [5, 5.41) is 5.46. The highest BCUT2D eigenvalue weighted by molar-refractivity contribution is 6.05. The van der Waals surface area contributed by atoms with Crippen LogP contribution in [0.5, 0.6) is 0 Å². The molecule has 0 saturated heterocycles. The van der Waals surface area contributed by atoms with Gasteiger partial charge in [-0.2, -0.15) is 0 Å². The van der Waals surface area contributed by atoms with Crippen molar-refractivity contribution in [2.45, 2.75) is 6.42 Å². The van der Waals surface area contributed by atoms with Crippen LogP contribution in [0.3, 0.4) is 0 Å². The molecule has 0 bridgehead atoms. The Labute approximate surface area is 156 Å². The van der Waals surface area contributed by atoms with Crippen LogP contribution in [-0.2, 0) is 6.42 Å². The maximum Gasteiger partial charge on any atom is 0.257 e. The Morgan fingerprint density at radius 1 is 0.889 bits per heavy atom. The van der Waals surface area contributed by atoms with Crippen molar-refractivity contribution in [2.24, 2.45) is 0 Å². The monoisotopic (exact) mass is 363 g/mol. The van der Waals surface area contributed by atoms with Crippen LogP contribution in [0, 0.1) is 5.82 Å². The number of hydrogen-bond donors (Lipinski definition) is 2. The van der Waals surface area contributed by atoms with Crippen molar-refractivity contribution < 1.29 is 14.0 Å². The predicted molar refractivity (Wildman–Crippen MR) is 101 cm³/mol. The summed E-state index contributed by atoms with van der Waals surface area (Å²) in [6, 6.07) is 16.9. The molecular weight excluding hydrogens is 345 g/mol. The summed E-state index contributed by atoms with van der Waals surface area (Å²) >= 11 is 0. The molecule has 2 amide bonds. The van der Waals surface area contributed by atoms with Crippen LogP contribution in [0.4, 0.5) is 10.1 Å². The fourth-order valence-electron chi connectivity index (χ4n) is 2.53. The Morgan fingerprint density at radius 2 is 1.56 bits per heavy atom. The number of hydrogen-bond acceptors (Lipinski definition) is 3. The number of amides is 2. The molecular formula is C21H18FN3O2. The Bertz CT molecular complexity index is 945. The number of carbonyl (C=O) groups excluding carboxylic acids is 2. The molecule has 0 spiro atoms. The third kappa shape index (κ3) is 4.98. The molecule has 3 aromatic rings. The van der Waals surface area contributed by atoms with Crippen molar-refractivity contribution in [3.63, 3.8) is 0 Å². The molecule has 0 aliphatic heterocycles. The zero-order chi connectivity index (χ0) is 19.1. The Balaban J connectivity index is 1.60. The van der Waals surface area contributed by atoms with Crippen LogP contribution in [0.25, 0.3) is 0 Å². The van der Waals surface area contributed by atoms with Crippen LogP contribution in [-0.4, -0.2) is 23.3 Å². The molecule has 0 atom stereocenters. The number of aromatic nitrogens is 1. The second-order valence-corrected chi connectivity index (χ2v) is 5.88. The molecule has 2 aromatic carbocycles. The highest BCUT2D eigenvalue weighted by Gasteiger charge is 2.12. The van der Waals surface area contributed by atoms with Gasteiger partial charge in [0.05, 0.1) is 11.1 Å². The van der Waals surface area contributed by atoms with Crippen molar-refractivity contribution >= 4 is 17.5 Å². The summed E-state index contributed by atoms with van der Waals surface area (Å²) in [7, 11) is 0. The average molecular weight is 363 g/mol. The van der Waals surface area contributed by atoms with Gasteiger partial charge in [-0.05, 0) is 36.2 Å².